The van der Waals surface area contributed by atoms with Gasteiger partial charge in [-0.15, -0.1) is 0 Å². The average Bonchev–Trinajstić information content (AvgIpc) is 2.72. The van der Waals surface area contributed by atoms with Crippen molar-refractivity contribution in [1.82, 2.24) is 0 Å². The van der Waals surface area contributed by atoms with Gasteiger partial charge in [0.15, 0.2) is 0 Å². The van der Waals surface area contributed by atoms with E-state index in [0.29, 0.717) is 11.1 Å². The molecule has 0 amide bonds. The van der Waals surface area contributed by atoms with Crippen molar-refractivity contribution >= 4 is 0 Å². The largest absolute Gasteiger partial charge is 0.192 e. The molecule has 0 aliphatic carbocycles. The summed E-state index contributed by atoms with van der Waals surface area (Å²) in [5.41, 5.74) is 3.69. The summed E-state index contributed by atoms with van der Waals surface area (Å²) >= 11 is 0. The number of rotatable bonds is 16. The van der Waals surface area contributed by atoms with Crippen LogP contribution in [0.15, 0.2) is 12.1 Å². The minimum atomic E-state index is 0.545. The lowest BCUT2D eigenvalue weighted by atomic mass is 9.92. The molecule has 0 bridgehead atoms. The van der Waals surface area contributed by atoms with E-state index in [-0.39, 0.29) is 0 Å². The normalized spacial score (nSPS) is 10.6. The van der Waals surface area contributed by atoms with Crippen LogP contribution >= 0.6 is 0 Å². The first-order valence-electron chi connectivity index (χ1n) is 11.7. The van der Waals surface area contributed by atoms with Crippen LogP contribution in [-0.4, -0.2) is 0 Å². The van der Waals surface area contributed by atoms with Gasteiger partial charge in [-0.1, -0.05) is 90.9 Å². The SMILES string of the molecule is CCCCCCCCCc1cc(C#N)c(C#N)cc1CCCCCCCCC. The second kappa shape index (κ2) is 16.2. The third-order valence-corrected chi connectivity index (χ3v) is 5.68. The minimum absolute atomic E-state index is 0.545. The lowest BCUT2D eigenvalue weighted by Crippen LogP contribution is -1.99. The molecule has 0 saturated carbocycles. The molecule has 0 fully saturated rings. The van der Waals surface area contributed by atoms with Crippen LogP contribution < -0.4 is 0 Å². The highest BCUT2D eigenvalue weighted by Crippen LogP contribution is 2.22. The predicted octanol–water partition coefficient (Wildman–Crippen LogP) is 8.02. The average molecular weight is 381 g/mol. The quantitative estimate of drug-likeness (QED) is 0.273. The van der Waals surface area contributed by atoms with Gasteiger partial charge in [-0.05, 0) is 48.9 Å². The van der Waals surface area contributed by atoms with Crippen molar-refractivity contribution in [2.75, 3.05) is 0 Å². The molecule has 0 N–H and O–H groups in total. The van der Waals surface area contributed by atoms with Crippen molar-refractivity contribution < 1.29 is 0 Å². The summed E-state index contributed by atoms with van der Waals surface area (Å²) in [5.74, 6) is 0. The predicted molar refractivity (Wildman–Crippen MR) is 119 cm³/mol. The molecule has 1 aromatic carbocycles. The van der Waals surface area contributed by atoms with E-state index in [9.17, 15) is 10.5 Å². The number of nitrogens with zero attached hydrogens (tertiary/aromatic N) is 2. The third-order valence-electron chi connectivity index (χ3n) is 5.68. The smallest absolute Gasteiger partial charge is 0.101 e. The maximum Gasteiger partial charge on any atom is 0.101 e. The van der Waals surface area contributed by atoms with Crippen molar-refractivity contribution in [3.05, 3.63) is 34.4 Å². The molecule has 0 saturated heterocycles. The molecule has 2 heteroatoms. The zero-order chi connectivity index (χ0) is 20.5. The van der Waals surface area contributed by atoms with Crippen molar-refractivity contribution in [2.45, 2.75) is 117 Å². The third kappa shape index (κ3) is 9.94. The van der Waals surface area contributed by atoms with E-state index in [0.717, 1.165) is 12.8 Å². The summed E-state index contributed by atoms with van der Waals surface area (Å²) in [4.78, 5) is 0. The minimum Gasteiger partial charge on any atom is -0.192 e. The molecule has 0 aromatic heterocycles. The molecule has 2 nitrogen and oxygen atoms in total. The number of aryl methyl sites for hydroxylation is 2. The van der Waals surface area contributed by atoms with Gasteiger partial charge in [0.05, 0.1) is 11.1 Å². The van der Waals surface area contributed by atoms with Gasteiger partial charge in [0.2, 0.25) is 0 Å². The molecular formula is C26H40N2. The van der Waals surface area contributed by atoms with Crippen LogP contribution in [0, 0.1) is 22.7 Å². The standard InChI is InChI=1S/C26H40N2/c1-3-5-7-9-11-13-15-17-23-19-25(21-27)26(22-28)20-24(23)18-16-14-12-10-8-6-4-2/h19-20H,3-18H2,1-2H3. The van der Waals surface area contributed by atoms with Crippen LogP contribution in [0.3, 0.4) is 0 Å². The fraction of sp³-hybridized carbons (Fsp3) is 0.692. The van der Waals surface area contributed by atoms with Crippen molar-refractivity contribution in [2.24, 2.45) is 0 Å². The number of hydrogen-bond acceptors (Lipinski definition) is 2. The Bertz CT molecular complexity index is 564. The lowest BCUT2D eigenvalue weighted by molar-refractivity contribution is 0.583. The Morgan fingerprint density at radius 1 is 0.536 bits per heavy atom. The Morgan fingerprint density at radius 3 is 1.18 bits per heavy atom. The van der Waals surface area contributed by atoms with Crippen LogP contribution in [0.4, 0.5) is 0 Å². The molecule has 0 radical (unpaired) electrons. The lowest BCUT2D eigenvalue weighted by Gasteiger charge is -2.12. The summed E-state index contributed by atoms with van der Waals surface area (Å²) in [6, 6.07) is 8.41. The summed E-state index contributed by atoms with van der Waals surface area (Å²) in [7, 11) is 0. The highest BCUT2D eigenvalue weighted by molar-refractivity contribution is 5.50. The van der Waals surface area contributed by atoms with Gasteiger partial charge in [-0.2, -0.15) is 10.5 Å². The Kier molecular flexibility index (Phi) is 14.0. The molecule has 0 spiro atoms. The number of hydrogen-bond donors (Lipinski definition) is 0. The Balaban J connectivity index is 2.55. The molecule has 28 heavy (non-hydrogen) atoms. The molecular weight excluding hydrogens is 340 g/mol. The summed E-state index contributed by atoms with van der Waals surface area (Å²) in [6.07, 6.45) is 20.3. The summed E-state index contributed by atoms with van der Waals surface area (Å²) in [6.45, 7) is 4.51. The van der Waals surface area contributed by atoms with Crippen LogP contribution in [0.1, 0.15) is 126 Å². The monoisotopic (exact) mass is 380 g/mol. The highest BCUT2D eigenvalue weighted by atomic mass is 14.3. The molecule has 1 aromatic rings. The zero-order valence-electron chi connectivity index (χ0n) is 18.4. The van der Waals surface area contributed by atoms with E-state index in [2.05, 4.69) is 26.0 Å². The van der Waals surface area contributed by atoms with Crippen molar-refractivity contribution in [1.29, 1.82) is 10.5 Å². The molecule has 0 atom stereocenters. The second-order valence-corrected chi connectivity index (χ2v) is 8.13. The number of unbranched alkanes of at least 4 members (excludes halogenated alkanes) is 12. The second-order valence-electron chi connectivity index (χ2n) is 8.13. The first-order chi connectivity index (χ1) is 13.8. The highest BCUT2D eigenvalue weighted by Gasteiger charge is 2.10. The van der Waals surface area contributed by atoms with E-state index in [1.165, 1.54) is 101 Å². The van der Waals surface area contributed by atoms with E-state index in [4.69, 9.17) is 0 Å². The topological polar surface area (TPSA) is 47.6 Å². The van der Waals surface area contributed by atoms with Crippen LogP contribution in [0.25, 0.3) is 0 Å². The maximum atomic E-state index is 9.37. The van der Waals surface area contributed by atoms with Gasteiger partial charge >= 0.3 is 0 Å². The molecule has 0 heterocycles. The van der Waals surface area contributed by atoms with Gasteiger partial charge in [0, 0.05) is 0 Å². The zero-order valence-corrected chi connectivity index (χ0v) is 18.4. The van der Waals surface area contributed by atoms with Gasteiger partial charge in [-0.25, -0.2) is 0 Å². The fourth-order valence-corrected chi connectivity index (χ4v) is 3.88. The van der Waals surface area contributed by atoms with Gasteiger partial charge in [-0.3, -0.25) is 0 Å². The summed E-state index contributed by atoms with van der Waals surface area (Å²) in [5, 5.41) is 18.7. The Morgan fingerprint density at radius 2 is 0.857 bits per heavy atom. The van der Waals surface area contributed by atoms with Crippen molar-refractivity contribution in [3.63, 3.8) is 0 Å². The number of nitriles is 2. The molecule has 0 aliphatic rings. The van der Waals surface area contributed by atoms with E-state index in [1.807, 2.05) is 12.1 Å². The first-order valence-corrected chi connectivity index (χ1v) is 11.7. The van der Waals surface area contributed by atoms with Gasteiger partial charge in [0.25, 0.3) is 0 Å². The Hall–Kier alpha value is -1.80. The number of benzene rings is 1. The van der Waals surface area contributed by atoms with Gasteiger partial charge < -0.3 is 0 Å². The van der Waals surface area contributed by atoms with E-state index >= 15 is 0 Å². The van der Waals surface area contributed by atoms with Crippen LogP contribution in [-0.2, 0) is 12.8 Å². The van der Waals surface area contributed by atoms with E-state index in [1.54, 1.807) is 0 Å². The molecule has 0 aliphatic heterocycles. The van der Waals surface area contributed by atoms with Crippen molar-refractivity contribution in [3.8, 4) is 12.1 Å². The molecule has 0 unspecified atom stereocenters. The Labute approximate surface area is 174 Å². The van der Waals surface area contributed by atoms with E-state index < -0.39 is 0 Å². The fourth-order valence-electron chi connectivity index (χ4n) is 3.88. The molecule has 1 rings (SSSR count). The van der Waals surface area contributed by atoms with Crippen LogP contribution in [0.5, 0.6) is 0 Å². The summed E-state index contributed by atoms with van der Waals surface area (Å²) < 4.78 is 0. The van der Waals surface area contributed by atoms with Gasteiger partial charge in [0.1, 0.15) is 12.1 Å². The maximum absolute atomic E-state index is 9.37. The molecule has 154 valence electrons. The first kappa shape index (κ1) is 24.2. The van der Waals surface area contributed by atoms with Crippen LogP contribution in [0.2, 0.25) is 0 Å².